The molecule has 1 aliphatic carbocycles. The van der Waals surface area contributed by atoms with Crippen molar-refractivity contribution in [1.82, 2.24) is 15.3 Å². The van der Waals surface area contributed by atoms with E-state index >= 15 is 0 Å². The lowest BCUT2D eigenvalue weighted by Gasteiger charge is -2.13. The van der Waals surface area contributed by atoms with E-state index < -0.39 is 0 Å². The highest BCUT2D eigenvalue weighted by molar-refractivity contribution is 9.10. The fraction of sp³-hybridized carbons (Fsp3) is 0.500. The zero-order valence-electron chi connectivity index (χ0n) is 9.40. The molecule has 7 heteroatoms. The van der Waals surface area contributed by atoms with Gasteiger partial charge < -0.3 is 16.4 Å². The average molecular weight is 300 g/mol. The van der Waals surface area contributed by atoms with Crippen LogP contribution in [0, 0.1) is 0 Å². The third kappa shape index (κ3) is 3.55. The van der Waals surface area contributed by atoms with E-state index in [9.17, 15) is 4.79 Å². The quantitative estimate of drug-likeness (QED) is 0.718. The maximum Gasteiger partial charge on any atom is 0.242 e. The van der Waals surface area contributed by atoms with Crippen molar-refractivity contribution in [2.75, 3.05) is 11.1 Å². The minimum absolute atomic E-state index is 0.0466. The largest absolute Gasteiger partial charge is 0.383 e. The Hall–Kier alpha value is -1.37. The van der Waals surface area contributed by atoms with Crippen LogP contribution < -0.4 is 16.4 Å². The Morgan fingerprint density at radius 2 is 2.29 bits per heavy atom. The molecule has 1 amide bonds. The van der Waals surface area contributed by atoms with Gasteiger partial charge in [0.05, 0.1) is 0 Å². The first-order valence-corrected chi connectivity index (χ1v) is 6.21. The van der Waals surface area contributed by atoms with Crippen molar-refractivity contribution >= 4 is 33.6 Å². The van der Waals surface area contributed by atoms with Gasteiger partial charge in [0.15, 0.2) is 0 Å². The summed E-state index contributed by atoms with van der Waals surface area (Å²) in [6.07, 6.45) is 2.14. The van der Waals surface area contributed by atoms with Crippen LogP contribution in [0.15, 0.2) is 10.7 Å². The smallest absolute Gasteiger partial charge is 0.242 e. The maximum absolute atomic E-state index is 11.7. The van der Waals surface area contributed by atoms with Gasteiger partial charge in [0.2, 0.25) is 11.9 Å². The van der Waals surface area contributed by atoms with E-state index in [0.29, 0.717) is 22.4 Å². The highest BCUT2D eigenvalue weighted by Gasteiger charge is 2.25. The number of anilines is 2. The van der Waals surface area contributed by atoms with Gasteiger partial charge in [-0.05, 0) is 35.7 Å². The molecule has 1 saturated carbocycles. The Morgan fingerprint density at radius 3 is 2.88 bits per heavy atom. The van der Waals surface area contributed by atoms with Gasteiger partial charge in [-0.15, -0.1) is 0 Å². The summed E-state index contributed by atoms with van der Waals surface area (Å²) in [4.78, 5) is 19.8. The second-order valence-corrected chi connectivity index (χ2v) is 4.90. The Balaban J connectivity index is 1.96. The van der Waals surface area contributed by atoms with Gasteiger partial charge in [-0.2, -0.15) is 4.98 Å². The van der Waals surface area contributed by atoms with Crippen molar-refractivity contribution in [2.45, 2.75) is 31.8 Å². The molecule has 1 aromatic heterocycles. The van der Waals surface area contributed by atoms with Crippen LogP contribution in [0.2, 0.25) is 0 Å². The molecule has 1 aromatic rings. The second kappa shape index (κ2) is 4.87. The van der Waals surface area contributed by atoms with Crippen molar-refractivity contribution in [1.29, 1.82) is 0 Å². The summed E-state index contributed by atoms with van der Waals surface area (Å²) >= 11 is 3.22. The molecule has 6 nitrogen and oxygen atoms in total. The second-order valence-electron chi connectivity index (χ2n) is 4.09. The molecule has 0 aromatic carbocycles. The average Bonchev–Trinajstić information content (AvgIpc) is 2.99. The Morgan fingerprint density at radius 1 is 1.59 bits per heavy atom. The zero-order valence-corrected chi connectivity index (χ0v) is 11.0. The highest BCUT2D eigenvalue weighted by atomic mass is 79.9. The standard InChI is InChI=1S/C10H14BrN5O/c1-5(9(17)14-6-2-3-6)13-10-15-7(11)4-8(12)16-10/h4-6H,2-3H2,1H3,(H,14,17)(H3,12,13,15,16). The fourth-order valence-corrected chi connectivity index (χ4v) is 1.72. The molecule has 92 valence electrons. The topological polar surface area (TPSA) is 92.9 Å². The van der Waals surface area contributed by atoms with Gasteiger partial charge in [-0.1, -0.05) is 0 Å². The number of amides is 1. The van der Waals surface area contributed by atoms with Crippen LogP contribution in [0.25, 0.3) is 0 Å². The van der Waals surface area contributed by atoms with Gasteiger partial charge in [0.25, 0.3) is 0 Å². The maximum atomic E-state index is 11.7. The van der Waals surface area contributed by atoms with Gasteiger partial charge in [0.1, 0.15) is 16.5 Å². The Labute approximate surface area is 108 Å². The number of aromatic nitrogens is 2. The van der Waals surface area contributed by atoms with Crippen LogP contribution in [0.1, 0.15) is 19.8 Å². The SMILES string of the molecule is CC(Nc1nc(N)cc(Br)n1)C(=O)NC1CC1. The molecule has 1 unspecified atom stereocenters. The molecule has 2 rings (SSSR count). The number of carbonyl (C=O) groups excluding carboxylic acids is 1. The first kappa shape index (κ1) is 12.1. The number of rotatable bonds is 4. The molecule has 1 fully saturated rings. The minimum Gasteiger partial charge on any atom is -0.383 e. The molecule has 1 aliphatic rings. The van der Waals surface area contributed by atoms with Crippen LogP contribution in [0.4, 0.5) is 11.8 Å². The summed E-state index contributed by atoms with van der Waals surface area (Å²) in [6, 6.07) is 1.56. The molecule has 0 bridgehead atoms. The number of nitrogen functional groups attached to an aromatic ring is 1. The monoisotopic (exact) mass is 299 g/mol. The number of carbonyl (C=O) groups is 1. The van der Waals surface area contributed by atoms with Crippen LogP contribution >= 0.6 is 15.9 Å². The summed E-state index contributed by atoms with van der Waals surface area (Å²) in [5, 5.41) is 5.82. The first-order chi connectivity index (χ1) is 8.04. The Kier molecular flexibility index (Phi) is 3.46. The molecular weight excluding hydrogens is 286 g/mol. The van der Waals surface area contributed by atoms with Gasteiger partial charge in [-0.25, -0.2) is 4.98 Å². The summed E-state index contributed by atoms with van der Waals surface area (Å²) in [5.41, 5.74) is 5.58. The third-order valence-corrected chi connectivity index (χ3v) is 2.78. The molecular formula is C10H14BrN5O. The number of nitrogens with one attached hydrogen (secondary N) is 2. The lowest BCUT2D eigenvalue weighted by Crippen LogP contribution is -2.39. The molecule has 0 spiro atoms. The normalized spacial score (nSPS) is 16.4. The molecule has 0 aliphatic heterocycles. The predicted octanol–water partition coefficient (Wildman–Crippen LogP) is 0.900. The number of hydrogen-bond acceptors (Lipinski definition) is 5. The van der Waals surface area contributed by atoms with Crippen LogP contribution in [0.3, 0.4) is 0 Å². The van der Waals surface area contributed by atoms with Crippen molar-refractivity contribution in [3.63, 3.8) is 0 Å². The number of nitrogens with zero attached hydrogens (tertiary/aromatic N) is 2. The van der Waals surface area contributed by atoms with E-state index in [4.69, 9.17) is 5.73 Å². The molecule has 4 N–H and O–H groups in total. The first-order valence-electron chi connectivity index (χ1n) is 5.41. The summed E-state index contributed by atoms with van der Waals surface area (Å²) < 4.78 is 0.585. The van der Waals surface area contributed by atoms with Crippen LogP contribution in [-0.4, -0.2) is 28.0 Å². The van der Waals surface area contributed by atoms with Gasteiger partial charge in [0, 0.05) is 12.1 Å². The molecule has 17 heavy (non-hydrogen) atoms. The third-order valence-electron chi connectivity index (χ3n) is 2.38. The summed E-state index contributed by atoms with van der Waals surface area (Å²) in [5.74, 6) is 0.647. The number of halogens is 1. The lowest BCUT2D eigenvalue weighted by atomic mass is 10.3. The van der Waals surface area contributed by atoms with Gasteiger partial charge in [-0.3, -0.25) is 4.79 Å². The van der Waals surface area contributed by atoms with Crippen LogP contribution in [0.5, 0.6) is 0 Å². The molecule has 1 heterocycles. The lowest BCUT2D eigenvalue weighted by molar-refractivity contribution is -0.121. The highest BCUT2D eigenvalue weighted by Crippen LogP contribution is 2.19. The van der Waals surface area contributed by atoms with Crippen molar-refractivity contribution in [3.8, 4) is 0 Å². The zero-order chi connectivity index (χ0) is 12.4. The minimum atomic E-state index is -0.385. The van der Waals surface area contributed by atoms with E-state index in [1.54, 1.807) is 13.0 Å². The van der Waals surface area contributed by atoms with E-state index in [2.05, 4.69) is 36.5 Å². The van der Waals surface area contributed by atoms with E-state index in [1.165, 1.54) is 0 Å². The van der Waals surface area contributed by atoms with Crippen LogP contribution in [-0.2, 0) is 4.79 Å². The van der Waals surface area contributed by atoms with E-state index in [1.807, 2.05) is 0 Å². The van der Waals surface area contributed by atoms with Gasteiger partial charge >= 0.3 is 0 Å². The summed E-state index contributed by atoms with van der Waals surface area (Å²) in [6.45, 7) is 1.76. The molecule has 0 saturated heterocycles. The Bertz CT molecular complexity index is 414. The van der Waals surface area contributed by atoms with Crippen molar-refractivity contribution in [2.24, 2.45) is 0 Å². The predicted molar refractivity (Wildman–Crippen MR) is 68.4 cm³/mol. The van der Waals surface area contributed by atoms with E-state index in [0.717, 1.165) is 12.8 Å². The fourth-order valence-electron chi connectivity index (χ4n) is 1.31. The van der Waals surface area contributed by atoms with Crippen molar-refractivity contribution < 1.29 is 4.79 Å². The van der Waals surface area contributed by atoms with Crippen molar-refractivity contribution in [3.05, 3.63) is 10.7 Å². The summed E-state index contributed by atoms with van der Waals surface area (Å²) in [7, 11) is 0. The van der Waals surface area contributed by atoms with E-state index in [-0.39, 0.29) is 11.9 Å². The number of hydrogen-bond donors (Lipinski definition) is 3. The molecule has 1 atom stereocenters. The molecule has 0 radical (unpaired) electrons. The number of nitrogens with two attached hydrogens (primary N) is 1.